The summed E-state index contributed by atoms with van der Waals surface area (Å²) in [5.41, 5.74) is 0. The number of carboxylic acid groups (broad SMARTS) is 1. The molecule has 0 radical (unpaired) electrons. The molecule has 64 valence electrons. The molecule has 0 fully saturated rings. The van der Waals surface area contributed by atoms with Crippen LogP contribution in [0.15, 0.2) is 0 Å². The van der Waals surface area contributed by atoms with Gasteiger partial charge in [-0.3, -0.25) is 9.59 Å². The lowest BCUT2D eigenvalue weighted by molar-refractivity contribution is -0.137. The van der Waals surface area contributed by atoms with E-state index in [-0.39, 0.29) is 13.0 Å². The summed E-state index contributed by atoms with van der Waals surface area (Å²) >= 11 is 0. The van der Waals surface area contributed by atoms with E-state index in [1.165, 1.54) is 0 Å². The predicted molar refractivity (Wildman–Crippen MR) is 31.3 cm³/mol. The van der Waals surface area contributed by atoms with Crippen LogP contribution in [0.5, 0.6) is 0 Å². The topological polar surface area (TPSA) is 66.4 Å². The SMILES string of the molecule is O=C(O)CCNC(=O)C(F)F. The summed E-state index contributed by atoms with van der Waals surface area (Å²) in [6, 6.07) is 0. The number of nitrogens with one attached hydrogen (secondary N) is 1. The molecule has 0 atom stereocenters. The number of carboxylic acids is 1. The van der Waals surface area contributed by atoms with Gasteiger partial charge >= 0.3 is 12.4 Å². The van der Waals surface area contributed by atoms with Crippen LogP contribution in [0.3, 0.4) is 0 Å². The van der Waals surface area contributed by atoms with Gasteiger partial charge in [0.2, 0.25) is 0 Å². The molecule has 0 aliphatic rings. The molecule has 0 heterocycles. The Hall–Kier alpha value is -1.20. The number of hydrogen-bond donors (Lipinski definition) is 2. The average Bonchev–Trinajstić information content (AvgIpc) is 1.86. The van der Waals surface area contributed by atoms with Crippen LogP contribution < -0.4 is 5.32 Å². The van der Waals surface area contributed by atoms with Gasteiger partial charge in [0.25, 0.3) is 5.91 Å². The molecule has 0 rings (SSSR count). The summed E-state index contributed by atoms with van der Waals surface area (Å²) in [5.74, 6) is -2.58. The third-order valence-electron chi connectivity index (χ3n) is 0.836. The van der Waals surface area contributed by atoms with Crippen molar-refractivity contribution in [2.75, 3.05) is 6.54 Å². The Morgan fingerprint density at radius 1 is 1.45 bits per heavy atom. The van der Waals surface area contributed by atoms with Crippen LogP contribution in [-0.4, -0.2) is 30.0 Å². The van der Waals surface area contributed by atoms with Crippen LogP contribution in [-0.2, 0) is 9.59 Å². The number of aliphatic carboxylic acids is 1. The largest absolute Gasteiger partial charge is 0.481 e. The van der Waals surface area contributed by atoms with E-state index >= 15 is 0 Å². The van der Waals surface area contributed by atoms with E-state index in [0.717, 1.165) is 0 Å². The highest BCUT2D eigenvalue weighted by atomic mass is 19.3. The molecular formula is C5H7F2NO3. The number of alkyl halides is 2. The Kier molecular flexibility index (Phi) is 4.09. The normalized spacial score (nSPS) is 9.73. The average molecular weight is 167 g/mol. The molecule has 6 heteroatoms. The van der Waals surface area contributed by atoms with Crippen LogP contribution >= 0.6 is 0 Å². The molecule has 0 bridgehead atoms. The van der Waals surface area contributed by atoms with Gasteiger partial charge < -0.3 is 10.4 Å². The minimum absolute atomic E-state index is 0.265. The van der Waals surface area contributed by atoms with Crippen LogP contribution in [0.4, 0.5) is 8.78 Å². The van der Waals surface area contributed by atoms with Crippen molar-refractivity contribution < 1.29 is 23.5 Å². The van der Waals surface area contributed by atoms with Gasteiger partial charge in [0, 0.05) is 6.54 Å². The highest BCUT2D eigenvalue weighted by molar-refractivity contribution is 5.79. The van der Waals surface area contributed by atoms with E-state index in [2.05, 4.69) is 0 Å². The maximum atomic E-state index is 11.4. The molecule has 0 aliphatic carbocycles. The van der Waals surface area contributed by atoms with Gasteiger partial charge in [0.05, 0.1) is 6.42 Å². The number of amides is 1. The van der Waals surface area contributed by atoms with Crippen LogP contribution in [0.25, 0.3) is 0 Å². The van der Waals surface area contributed by atoms with Crippen molar-refractivity contribution in [1.29, 1.82) is 0 Å². The van der Waals surface area contributed by atoms with Crippen molar-refractivity contribution in [3.63, 3.8) is 0 Å². The molecule has 0 saturated heterocycles. The van der Waals surface area contributed by atoms with Gasteiger partial charge in [-0.25, -0.2) is 0 Å². The molecule has 0 aliphatic heterocycles. The molecule has 2 N–H and O–H groups in total. The highest BCUT2D eigenvalue weighted by Gasteiger charge is 2.13. The number of hydrogen-bond acceptors (Lipinski definition) is 2. The molecule has 0 spiro atoms. The van der Waals surface area contributed by atoms with Crippen molar-refractivity contribution in [3.05, 3.63) is 0 Å². The Labute approximate surface area is 61.2 Å². The summed E-state index contributed by atoms with van der Waals surface area (Å²) < 4.78 is 22.8. The summed E-state index contributed by atoms with van der Waals surface area (Å²) in [7, 11) is 0. The number of halogens is 2. The summed E-state index contributed by atoms with van der Waals surface area (Å²) in [5, 5.41) is 9.77. The molecule has 0 saturated carbocycles. The zero-order valence-corrected chi connectivity index (χ0v) is 5.51. The standard InChI is InChI=1S/C5H7F2NO3/c6-4(7)5(11)8-2-1-3(9)10/h4H,1-2H2,(H,8,11)(H,9,10). The second-order valence-electron chi connectivity index (χ2n) is 1.74. The third kappa shape index (κ3) is 5.25. The molecule has 4 nitrogen and oxygen atoms in total. The van der Waals surface area contributed by atoms with E-state index in [1.54, 1.807) is 5.32 Å². The lowest BCUT2D eigenvalue weighted by atomic mass is 10.4. The van der Waals surface area contributed by atoms with Crippen molar-refractivity contribution in [1.82, 2.24) is 5.32 Å². The first-order chi connectivity index (χ1) is 5.04. The summed E-state index contributed by atoms with van der Waals surface area (Å²) in [6.07, 6.45) is -3.43. The molecular weight excluding hydrogens is 160 g/mol. The first kappa shape index (κ1) is 9.80. The minimum atomic E-state index is -3.08. The Bertz CT molecular complexity index is 160. The number of carbonyl (C=O) groups is 2. The van der Waals surface area contributed by atoms with Crippen molar-refractivity contribution in [2.45, 2.75) is 12.8 Å². The van der Waals surface area contributed by atoms with Crippen LogP contribution in [0.2, 0.25) is 0 Å². The van der Waals surface area contributed by atoms with E-state index in [4.69, 9.17) is 5.11 Å². The monoisotopic (exact) mass is 167 g/mol. The maximum absolute atomic E-state index is 11.4. The highest BCUT2D eigenvalue weighted by Crippen LogP contribution is 1.90. The van der Waals surface area contributed by atoms with Crippen molar-refractivity contribution in [2.24, 2.45) is 0 Å². The first-order valence-electron chi connectivity index (χ1n) is 2.81. The van der Waals surface area contributed by atoms with E-state index in [1.807, 2.05) is 0 Å². The Morgan fingerprint density at radius 3 is 2.36 bits per heavy atom. The minimum Gasteiger partial charge on any atom is -0.481 e. The molecule has 11 heavy (non-hydrogen) atoms. The van der Waals surface area contributed by atoms with Gasteiger partial charge in [-0.2, -0.15) is 8.78 Å². The van der Waals surface area contributed by atoms with Gasteiger partial charge in [-0.15, -0.1) is 0 Å². The van der Waals surface area contributed by atoms with Crippen molar-refractivity contribution in [3.8, 4) is 0 Å². The molecule has 0 aromatic rings. The fourth-order valence-corrected chi connectivity index (χ4v) is 0.370. The Balaban J connectivity index is 3.39. The summed E-state index contributed by atoms with van der Waals surface area (Å²) in [6.45, 7) is -0.265. The van der Waals surface area contributed by atoms with Gasteiger partial charge in [-0.1, -0.05) is 0 Å². The second-order valence-corrected chi connectivity index (χ2v) is 1.74. The smallest absolute Gasteiger partial charge is 0.315 e. The van der Waals surface area contributed by atoms with Gasteiger partial charge in [0.15, 0.2) is 0 Å². The maximum Gasteiger partial charge on any atom is 0.315 e. The quantitative estimate of drug-likeness (QED) is 0.611. The zero-order chi connectivity index (χ0) is 8.85. The molecule has 0 aromatic heterocycles. The molecule has 0 unspecified atom stereocenters. The van der Waals surface area contributed by atoms with Crippen molar-refractivity contribution >= 4 is 11.9 Å². The van der Waals surface area contributed by atoms with E-state index < -0.39 is 18.3 Å². The van der Waals surface area contributed by atoms with Crippen LogP contribution in [0, 0.1) is 0 Å². The van der Waals surface area contributed by atoms with Crippen LogP contribution in [0.1, 0.15) is 6.42 Å². The number of carbonyl (C=O) groups excluding carboxylic acids is 1. The molecule has 0 aromatic carbocycles. The zero-order valence-electron chi connectivity index (χ0n) is 5.51. The van der Waals surface area contributed by atoms with Gasteiger partial charge in [-0.05, 0) is 0 Å². The number of rotatable bonds is 4. The predicted octanol–water partition coefficient (Wildman–Crippen LogP) is -0.158. The lowest BCUT2D eigenvalue weighted by Gasteiger charge is -2.00. The fourth-order valence-electron chi connectivity index (χ4n) is 0.370. The fraction of sp³-hybridized carbons (Fsp3) is 0.600. The van der Waals surface area contributed by atoms with E-state index in [9.17, 15) is 18.4 Å². The first-order valence-corrected chi connectivity index (χ1v) is 2.81. The Morgan fingerprint density at radius 2 is 2.00 bits per heavy atom. The van der Waals surface area contributed by atoms with E-state index in [0.29, 0.717) is 0 Å². The molecule has 1 amide bonds. The third-order valence-corrected chi connectivity index (χ3v) is 0.836. The summed E-state index contributed by atoms with van der Waals surface area (Å²) in [4.78, 5) is 19.9. The van der Waals surface area contributed by atoms with Gasteiger partial charge in [0.1, 0.15) is 0 Å². The lowest BCUT2D eigenvalue weighted by Crippen LogP contribution is -2.31. The second kappa shape index (κ2) is 4.59.